The SMILES string of the molecule is CS(=O)(=O)CCn1nc(-c2ccccc2)cc1Cl. The molecule has 0 aliphatic heterocycles. The first-order chi connectivity index (χ1) is 8.46. The van der Waals surface area contributed by atoms with E-state index in [-0.39, 0.29) is 12.3 Å². The molecule has 1 aromatic heterocycles. The predicted octanol–water partition coefficient (Wildman–Crippen LogP) is 2.25. The molecule has 2 aromatic rings. The lowest BCUT2D eigenvalue weighted by atomic mass is 10.2. The van der Waals surface area contributed by atoms with Crippen LogP contribution in [0, 0.1) is 0 Å². The van der Waals surface area contributed by atoms with E-state index in [1.165, 1.54) is 10.9 Å². The Labute approximate surface area is 111 Å². The molecule has 0 fully saturated rings. The van der Waals surface area contributed by atoms with Crippen molar-refractivity contribution in [2.45, 2.75) is 6.54 Å². The Bertz CT molecular complexity index is 635. The lowest BCUT2D eigenvalue weighted by molar-refractivity contribution is 0.586. The van der Waals surface area contributed by atoms with Gasteiger partial charge in [0.1, 0.15) is 15.0 Å². The van der Waals surface area contributed by atoms with Crippen molar-refractivity contribution in [1.29, 1.82) is 0 Å². The molecule has 1 aromatic carbocycles. The van der Waals surface area contributed by atoms with Gasteiger partial charge in [0.25, 0.3) is 0 Å². The molecule has 2 rings (SSSR count). The minimum atomic E-state index is -3.01. The van der Waals surface area contributed by atoms with E-state index in [9.17, 15) is 8.42 Å². The molecule has 18 heavy (non-hydrogen) atoms. The minimum absolute atomic E-state index is 0.0304. The smallest absolute Gasteiger partial charge is 0.149 e. The zero-order valence-electron chi connectivity index (χ0n) is 9.88. The molecule has 0 atom stereocenters. The number of aromatic nitrogens is 2. The van der Waals surface area contributed by atoms with E-state index in [2.05, 4.69) is 5.10 Å². The molecule has 0 N–H and O–H groups in total. The Morgan fingerprint density at radius 3 is 2.56 bits per heavy atom. The number of rotatable bonds is 4. The molecule has 0 radical (unpaired) electrons. The second-order valence-corrected chi connectivity index (χ2v) is 6.72. The third kappa shape index (κ3) is 3.34. The molecule has 6 heteroatoms. The molecule has 1 heterocycles. The van der Waals surface area contributed by atoms with Crippen molar-refractivity contribution in [3.05, 3.63) is 41.6 Å². The molecule has 0 bridgehead atoms. The predicted molar refractivity (Wildman–Crippen MR) is 72.4 cm³/mol. The van der Waals surface area contributed by atoms with Crippen LogP contribution in [0.5, 0.6) is 0 Å². The van der Waals surface area contributed by atoms with Crippen molar-refractivity contribution in [2.75, 3.05) is 12.0 Å². The second kappa shape index (κ2) is 5.12. The normalized spacial score (nSPS) is 11.7. The molecule has 0 aliphatic carbocycles. The van der Waals surface area contributed by atoms with Crippen LogP contribution in [0.3, 0.4) is 0 Å². The highest BCUT2D eigenvalue weighted by molar-refractivity contribution is 7.90. The summed E-state index contributed by atoms with van der Waals surface area (Å²) in [5.41, 5.74) is 1.70. The van der Waals surface area contributed by atoms with E-state index in [1.54, 1.807) is 6.07 Å². The molecular formula is C12H13ClN2O2S. The monoisotopic (exact) mass is 284 g/mol. The van der Waals surface area contributed by atoms with E-state index >= 15 is 0 Å². The maximum atomic E-state index is 11.1. The third-order valence-electron chi connectivity index (χ3n) is 2.47. The van der Waals surface area contributed by atoms with E-state index in [1.807, 2.05) is 30.3 Å². The fraction of sp³-hybridized carbons (Fsp3) is 0.250. The average molecular weight is 285 g/mol. The number of hydrogen-bond donors (Lipinski definition) is 0. The molecular weight excluding hydrogens is 272 g/mol. The van der Waals surface area contributed by atoms with Crippen molar-refractivity contribution in [3.8, 4) is 11.3 Å². The van der Waals surface area contributed by atoms with Crippen LogP contribution in [0.2, 0.25) is 5.15 Å². The first kappa shape index (κ1) is 13.1. The zero-order chi connectivity index (χ0) is 13.2. The fourth-order valence-corrected chi connectivity index (χ4v) is 2.28. The molecule has 0 spiro atoms. The maximum Gasteiger partial charge on any atom is 0.149 e. The van der Waals surface area contributed by atoms with Crippen LogP contribution in [-0.2, 0) is 16.4 Å². The van der Waals surface area contributed by atoms with Crippen LogP contribution in [0.4, 0.5) is 0 Å². The van der Waals surface area contributed by atoms with Gasteiger partial charge in [0.05, 0.1) is 18.0 Å². The zero-order valence-corrected chi connectivity index (χ0v) is 11.4. The summed E-state index contributed by atoms with van der Waals surface area (Å²) in [7, 11) is -3.01. The van der Waals surface area contributed by atoms with E-state index in [0.717, 1.165) is 11.3 Å². The van der Waals surface area contributed by atoms with E-state index < -0.39 is 9.84 Å². The van der Waals surface area contributed by atoms with Gasteiger partial charge in [-0.25, -0.2) is 8.42 Å². The van der Waals surface area contributed by atoms with Crippen LogP contribution in [0.1, 0.15) is 0 Å². The molecule has 4 nitrogen and oxygen atoms in total. The van der Waals surface area contributed by atoms with Gasteiger partial charge in [0.15, 0.2) is 0 Å². The number of sulfone groups is 1. The largest absolute Gasteiger partial charge is 0.252 e. The first-order valence-corrected chi connectivity index (χ1v) is 7.86. The first-order valence-electron chi connectivity index (χ1n) is 5.42. The highest BCUT2D eigenvalue weighted by Crippen LogP contribution is 2.21. The van der Waals surface area contributed by atoms with E-state index in [0.29, 0.717) is 5.15 Å². The average Bonchev–Trinajstić information content (AvgIpc) is 2.68. The van der Waals surface area contributed by atoms with Crippen LogP contribution in [-0.4, -0.2) is 30.2 Å². The molecule has 0 aliphatic rings. The lowest BCUT2D eigenvalue weighted by Crippen LogP contribution is -2.12. The summed E-state index contributed by atoms with van der Waals surface area (Å²) in [5, 5.41) is 4.75. The highest BCUT2D eigenvalue weighted by atomic mass is 35.5. The summed E-state index contributed by atoms with van der Waals surface area (Å²) in [6, 6.07) is 11.3. The van der Waals surface area contributed by atoms with Crippen molar-refractivity contribution < 1.29 is 8.42 Å². The number of benzene rings is 1. The molecule has 0 unspecified atom stereocenters. The summed E-state index contributed by atoms with van der Waals surface area (Å²) in [6.45, 7) is 0.268. The van der Waals surface area contributed by atoms with Gasteiger partial charge < -0.3 is 0 Å². The van der Waals surface area contributed by atoms with Gasteiger partial charge in [0.2, 0.25) is 0 Å². The van der Waals surface area contributed by atoms with Crippen molar-refractivity contribution >= 4 is 21.4 Å². The Balaban J connectivity index is 2.23. The number of aryl methyl sites for hydroxylation is 1. The van der Waals surface area contributed by atoms with Gasteiger partial charge in [0, 0.05) is 17.9 Å². The minimum Gasteiger partial charge on any atom is -0.252 e. The summed E-state index contributed by atoms with van der Waals surface area (Å²) in [4.78, 5) is 0. The topological polar surface area (TPSA) is 52.0 Å². The van der Waals surface area contributed by atoms with Gasteiger partial charge in [-0.15, -0.1) is 0 Å². The Morgan fingerprint density at radius 1 is 1.28 bits per heavy atom. The second-order valence-electron chi connectivity index (χ2n) is 4.07. The summed E-state index contributed by atoms with van der Waals surface area (Å²) in [6.07, 6.45) is 1.20. The summed E-state index contributed by atoms with van der Waals surface area (Å²) < 4.78 is 23.7. The highest BCUT2D eigenvalue weighted by Gasteiger charge is 2.09. The number of hydrogen-bond acceptors (Lipinski definition) is 3. The number of halogens is 1. The molecule has 96 valence electrons. The Hall–Kier alpha value is -1.33. The van der Waals surface area contributed by atoms with Crippen molar-refractivity contribution in [2.24, 2.45) is 0 Å². The van der Waals surface area contributed by atoms with Crippen LogP contribution < -0.4 is 0 Å². The maximum absolute atomic E-state index is 11.1. The lowest BCUT2D eigenvalue weighted by Gasteiger charge is -2.01. The Morgan fingerprint density at radius 2 is 1.94 bits per heavy atom. The summed E-state index contributed by atoms with van der Waals surface area (Å²) >= 11 is 6.03. The quantitative estimate of drug-likeness (QED) is 0.865. The van der Waals surface area contributed by atoms with Crippen LogP contribution in [0.15, 0.2) is 36.4 Å². The fourth-order valence-electron chi connectivity index (χ4n) is 1.55. The number of nitrogens with zero attached hydrogens (tertiary/aromatic N) is 2. The van der Waals surface area contributed by atoms with Gasteiger partial charge in [-0.05, 0) is 0 Å². The Kier molecular flexibility index (Phi) is 3.73. The van der Waals surface area contributed by atoms with Gasteiger partial charge in [-0.1, -0.05) is 41.9 Å². The van der Waals surface area contributed by atoms with Gasteiger partial charge in [-0.2, -0.15) is 5.10 Å². The van der Waals surface area contributed by atoms with E-state index in [4.69, 9.17) is 11.6 Å². The van der Waals surface area contributed by atoms with Gasteiger partial charge >= 0.3 is 0 Å². The standard InChI is InChI=1S/C12H13ClN2O2S/c1-18(16,17)8-7-15-12(13)9-11(14-15)10-5-3-2-4-6-10/h2-6,9H,7-8H2,1H3. The molecule has 0 amide bonds. The van der Waals surface area contributed by atoms with Gasteiger partial charge in [-0.3, -0.25) is 4.68 Å². The molecule has 0 saturated carbocycles. The third-order valence-corrected chi connectivity index (χ3v) is 3.70. The van der Waals surface area contributed by atoms with Crippen LogP contribution >= 0.6 is 11.6 Å². The molecule has 0 saturated heterocycles. The summed E-state index contributed by atoms with van der Waals surface area (Å²) in [5.74, 6) is 0.0304. The van der Waals surface area contributed by atoms with Crippen LogP contribution in [0.25, 0.3) is 11.3 Å². The van der Waals surface area contributed by atoms with Crippen molar-refractivity contribution in [1.82, 2.24) is 9.78 Å². The van der Waals surface area contributed by atoms with Crippen molar-refractivity contribution in [3.63, 3.8) is 0 Å².